The fourth-order valence-corrected chi connectivity index (χ4v) is 4.08. The van der Waals surface area contributed by atoms with Crippen molar-refractivity contribution >= 4 is 0 Å². The molecule has 2 aliphatic rings. The zero-order valence-corrected chi connectivity index (χ0v) is 12.6. The molecule has 0 amide bonds. The Morgan fingerprint density at radius 3 is 2.75 bits per heavy atom. The summed E-state index contributed by atoms with van der Waals surface area (Å²) in [5.74, 6) is -0.345. The molecular weight excluding hydrogens is 248 g/mol. The third kappa shape index (κ3) is 2.19. The summed E-state index contributed by atoms with van der Waals surface area (Å²) < 4.78 is 12.5. The molecule has 110 valence electrons. The first-order chi connectivity index (χ1) is 9.83. The Hall–Kier alpha value is -0.860. The van der Waals surface area contributed by atoms with E-state index < -0.39 is 0 Å². The molecule has 0 radical (unpaired) electrons. The Bertz CT molecular complexity index is 416. The molecular formula is C18H26O2. The summed E-state index contributed by atoms with van der Waals surface area (Å²) in [5, 5.41) is 0. The summed E-state index contributed by atoms with van der Waals surface area (Å²) in [6.07, 6.45) is 8.19. The minimum absolute atomic E-state index is 0.0977. The van der Waals surface area contributed by atoms with Crippen LogP contribution in [0, 0.1) is 0 Å². The van der Waals surface area contributed by atoms with Gasteiger partial charge in [0.25, 0.3) is 0 Å². The van der Waals surface area contributed by atoms with Crippen molar-refractivity contribution in [1.29, 1.82) is 0 Å². The molecule has 1 aromatic rings. The number of hydrogen-bond donors (Lipinski definition) is 0. The van der Waals surface area contributed by atoms with Crippen molar-refractivity contribution in [3.8, 4) is 0 Å². The normalized spacial score (nSPS) is 32.5. The van der Waals surface area contributed by atoms with Crippen molar-refractivity contribution in [1.82, 2.24) is 0 Å². The largest absolute Gasteiger partial charge is 0.349 e. The van der Waals surface area contributed by atoms with E-state index >= 15 is 0 Å². The predicted octanol–water partition coefficient (Wildman–Crippen LogP) is 4.43. The molecule has 1 heterocycles. The van der Waals surface area contributed by atoms with Gasteiger partial charge in [-0.1, -0.05) is 50.1 Å². The molecule has 1 aromatic carbocycles. The Morgan fingerprint density at radius 1 is 1.10 bits per heavy atom. The van der Waals surface area contributed by atoms with Crippen LogP contribution in [0.5, 0.6) is 0 Å². The molecule has 1 saturated heterocycles. The monoisotopic (exact) mass is 274 g/mol. The number of hydrogen-bond acceptors (Lipinski definition) is 2. The molecule has 1 saturated carbocycles. The molecule has 0 spiro atoms. The second kappa shape index (κ2) is 5.87. The molecule has 2 atom stereocenters. The fourth-order valence-electron chi connectivity index (χ4n) is 4.08. The van der Waals surface area contributed by atoms with Gasteiger partial charge >= 0.3 is 0 Å². The maximum atomic E-state index is 6.35. The van der Waals surface area contributed by atoms with E-state index in [0.29, 0.717) is 0 Å². The Morgan fingerprint density at radius 2 is 1.95 bits per heavy atom. The van der Waals surface area contributed by atoms with Gasteiger partial charge in [0.05, 0.1) is 18.6 Å². The van der Waals surface area contributed by atoms with Gasteiger partial charge in [-0.3, -0.25) is 0 Å². The van der Waals surface area contributed by atoms with Gasteiger partial charge < -0.3 is 9.47 Å². The molecule has 2 heteroatoms. The molecule has 1 aliphatic carbocycles. The van der Waals surface area contributed by atoms with Crippen molar-refractivity contribution in [2.45, 2.75) is 63.1 Å². The topological polar surface area (TPSA) is 18.5 Å². The molecule has 0 N–H and O–H groups in total. The molecule has 2 unspecified atom stereocenters. The van der Waals surface area contributed by atoms with Crippen LogP contribution in [0.3, 0.4) is 0 Å². The number of fused-ring (bicyclic) bond motifs is 1. The van der Waals surface area contributed by atoms with Gasteiger partial charge in [-0.15, -0.1) is 0 Å². The molecule has 2 nitrogen and oxygen atoms in total. The smallest absolute Gasteiger partial charge is 0.177 e. The van der Waals surface area contributed by atoms with Gasteiger partial charge in [0.2, 0.25) is 0 Å². The van der Waals surface area contributed by atoms with E-state index in [1.807, 2.05) is 0 Å². The van der Waals surface area contributed by atoms with E-state index in [9.17, 15) is 0 Å². The summed E-state index contributed by atoms with van der Waals surface area (Å²) in [7, 11) is 0. The van der Waals surface area contributed by atoms with E-state index in [1.54, 1.807) is 0 Å². The quantitative estimate of drug-likeness (QED) is 0.714. The highest BCUT2D eigenvalue weighted by atomic mass is 16.7. The third-order valence-corrected chi connectivity index (χ3v) is 5.11. The minimum Gasteiger partial charge on any atom is -0.349 e. The summed E-state index contributed by atoms with van der Waals surface area (Å²) in [4.78, 5) is 0. The van der Waals surface area contributed by atoms with E-state index in [-0.39, 0.29) is 11.2 Å². The van der Waals surface area contributed by atoms with Gasteiger partial charge in [-0.2, -0.15) is 0 Å². The highest BCUT2D eigenvalue weighted by Crippen LogP contribution is 2.57. The van der Waals surface area contributed by atoms with Gasteiger partial charge in [0, 0.05) is 6.42 Å². The van der Waals surface area contributed by atoms with Crippen LogP contribution in [0.1, 0.15) is 57.4 Å². The van der Waals surface area contributed by atoms with E-state index in [2.05, 4.69) is 37.3 Å². The van der Waals surface area contributed by atoms with Crippen LogP contribution < -0.4 is 0 Å². The van der Waals surface area contributed by atoms with Crippen molar-refractivity contribution in [2.75, 3.05) is 13.2 Å². The van der Waals surface area contributed by atoms with Crippen molar-refractivity contribution in [2.24, 2.45) is 0 Å². The lowest BCUT2D eigenvalue weighted by Gasteiger charge is -2.39. The average Bonchev–Trinajstić information content (AvgIpc) is 3.00. The van der Waals surface area contributed by atoms with E-state index in [0.717, 1.165) is 32.5 Å². The zero-order valence-electron chi connectivity index (χ0n) is 12.6. The van der Waals surface area contributed by atoms with Crippen molar-refractivity contribution in [3.63, 3.8) is 0 Å². The van der Waals surface area contributed by atoms with Crippen LogP contribution in [0.25, 0.3) is 0 Å². The SMILES string of the molecule is CCCCCOC12CCCC1(c1ccccc1)CCO2. The molecule has 0 aromatic heterocycles. The highest BCUT2D eigenvalue weighted by molar-refractivity contribution is 5.32. The summed E-state index contributed by atoms with van der Waals surface area (Å²) in [6, 6.07) is 10.9. The van der Waals surface area contributed by atoms with Gasteiger partial charge in [-0.25, -0.2) is 0 Å². The lowest BCUT2D eigenvalue weighted by atomic mass is 9.74. The highest BCUT2D eigenvalue weighted by Gasteiger charge is 2.61. The summed E-state index contributed by atoms with van der Waals surface area (Å²) in [6.45, 7) is 3.90. The van der Waals surface area contributed by atoms with E-state index in [4.69, 9.17) is 9.47 Å². The molecule has 3 rings (SSSR count). The molecule has 20 heavy (non-hydrogen) atoms. The van der Waals surface area contributed by atoms with Crippen LogP contribution in [0.15, 0.2) is 30.3 Å². The molecule has 0 bridgehead atoms. The first-order valence-electron chi connectivity index (χ1n) is 8.16. The zero-order chi connectivity index (χ0) is 13.9. The summed E-state index contributed by atoms with van der Waals surface area (Å²) in [5.41, 5.74) is 1.51. The van der Waals surface area contributed by atoms with Crippen LogP contribution in [0.4, 0.5) is 0 Å². The third-order valence-electron chi connectivity index (χ3n) is 5.11. The second-order valence-electron chi connectivity index (χ2n) is 6.21. The Labute approximate surface area is 122 Å². The number of rotatable bonds is 6. The average molecular weight is 274 g/mol. The fraction of sp³-hybridized carbons (Fsp3) is 0.667. The molecule has 2 fully saturated rings. The molecule has 1 aliphatic heterocycles. The first kappa shape index (κ1) is 14.1. The number of unbranched alkanes of at least 4 members (excludes halogenated alkanes) is 2. The summed E-state index contributed by atoms with van der Waals surface area (Å²) >= 11 is 0. The van der Waals surface area contributed by atoms with Gasteiger partial charge in [-0.05, 0) is 31.2 Å². The number of ether oxygens (including phenoxy) is 2. The van der Waals surface area contributed by atoms with Gasteiger partial charge in [0.15, 0.2) is 5.79 Å². The van der Waals surface area contributed by atoms with Crippen LogP contribution in [-0.2, 0) is 14.9 Å². The maximum Gasteiger partial charge on any atom is 0.177 e. The first-order valence-corrected chi connectivity index (χ1v) is 8.16. The minimum atomic E-state index is -0.345. The lowest BCUT2D eigenvalue weighted by molar-refractivity contribution is -0.229. The number of benzene rings is 1. The van der Waals surface area contributed by atoms with Crippen LogP contribution in [0.2, 0.25) is 0 Å². The standard InChI is InChI=1S/C18H26O2/c1-2-3-7-14-19-18-12-8-11-17(18,13-15-20-18)16-9-5-4-6-10-16/h4-6,9-10H,2-3,7-8,11-15H2,1H3. The Balaban J connectivity index is 1.81. The van der Waals surface area contributed by atoms with Crippen molar-refractivity contribution < 1.29 is 9.47 Å². The van der Waals surface area contributed by atoms with Crippen LogP contribution in [-0.4, -0.2) is 19.0 Å². The predicted molar refractivity (Wildman–Crippen MR) is 80.7 cm³/mol. The lowest BCUT2D eigenvalue weighted by Crippen LogP contribution is -2.46. The second-order valence-corrected chi connectivity index (χ2v) is 6.21. The van der Waals surface area contributed by atoms with Crippen molar-refractivity contribution in [3.05, 3.63) is 35.9 Å². The van der Waals surface area contributed by atoms with Gasteiger partial charge in [0.1, 0.15) is 0 Å². The maximum absolute atomic E-state index is 6.35. The van der Waals surface area contributed by atoms with Crippen LogP contribution >= 0.6 is 0 Å². The van der Waals surface area contributed by atoms with E-state index in [1.165, 1.54) is 31.2 Å². The Kier molecular flexibility index (Phi) is 4.13.